The first-order valence-electron chi connectivity index (χ1n) is 8.16. The summed E-state index contributed by atoms with van der Waals surface area (Å²) < 4.78 is 2.13. The Kier molecular flexibility index (Phi) is 5.01. The number of likely N-dealkylation sites (tertiary alicyclic amines) is 1. The highest BCUT2D eigenvalue weighted by Gasteiger charge is 2.28. The molecule has 2 aromatic rings. The van der Waals surface area contributed by atoms with E-state index >= 15 is 0 Å². The molecule has 0 N–H and O–H groups in total. The summed E-state index contributed by atoms with van der Waals surface area (Å²) in [6.45, 7) is 3.70. The van der Waals surface area contributed by atoms with Crippen LogP contribution in [0.5, 0.6) is 0 Å². The van der Waals surface area contributed by atoms with E-state index in [-0.39, 0.29) is 11.9 Å². The molecule has 122 valence electrons. The van der Waals surface area contributed by atoms with E-state index in [1.807, 2.05) is 48.5 Å². The van der Waals surface area contributed by atoms with Gasteiger partial charge in [-0.05, 0) is 37.8 Å². The van der Waals surface area contributed by atoms with Crippen LogP contribution in [0.1, 0.15) is 30.7 Å². The molecular formula is C18H22ClN3O. The van der Waals surface area contributed by atoms with E-state index in [1.165, 1.54) is 0 Å². The van der Waals surface area contributed by atoms with Gasteiger partial charge in [-0.1, -0.05) is 29.8 Å². The lowest BCUT2D eigenvalue weighted by Crippen LogP contribution is -2.38. The zero-order valence-corrected chi connectivity index (χ0v) is 14.2. The fraction of sp³-hybridized carbons (Fsp3) is 0.444. The lowest BCUT2D eigenvalue weighted by molar-refractivity contribution is -0.132. The molecule has 5 heteroatoms. The van der Waals surface area contributed by atoms with Crippen molar-refractivity contribution in [2.75, 3.05) is 6.54 Å². The van der Waals surface area contributed by atoms with Gasteiger partial charge < -0.3 is 9.47 Å². The van der Waals surface area contributed by atoms with Gasteiger partial charge in [0.15, 0.2) is 0 Å². The number of nitrogens with zero attached hydrogens (tertiary/aromatic N) is 3. The van der Waals surface area contributed by atoms with Gasteiger partial charge in [0.2, 0.25) is 5.91 Å². The molecule has 0 spiro atoms. The van der Waals surface area contributed by atoms with Gasteiger partial charge in [-0.2, -0.15) is 0 Å². The second-order valence-electron chi connectivity index (χ2n) is 6.10. The molecule has 3 rings (SSSR count). The third-order valence-electron chi connectivity index (χ3n) is 4.59. The summed E-state index contributed by atoms with van der Waals surface area (Å²) in [5.74, 6) is 1.23. The zero-order chi connectivity index (χ0) is 16.2. The summed E-state index contributed by atoms with van der Waals surface area (Å²) >= 11 is 6.17. The van der Waals surface area contributed by atoms with Crippen LogP contribution in [0.3, 0.4) is 0 Å². The summed E-state index contributed by atoms with van der Waals surface area (Å²) in [6.07, 6.45) is 7.16. The number of rotatable bonds is 5. The Morgan fingerprint density at radius 2 is 2.22 bits per heavy atom. The molecule has 0 bridgehead atoms. The molecule has 1 unspecified atom stereocenters. The van der Waals surface area contributed by atoms with Gasteiger partial charge in [0.05, 0.1) is 0 Å². The van der Waals surface area contributed by atoms with Gasteiger partial charge in [-0.25, -0.2) is 4.98 Å². The maximum atomic E-state index is 12.6. The zero-order valence-electron chi connectivity index (χ0n) is 13.4. The highest BCUT2D eigenvalue weighted by atomic mass is 35.5. The minimum absolute atomic E-state index is 0.227. The van der Waals surface area contributed by atoms with Gasteiger partial charge in [0.25, 0.3) is 0 Å². The average molecular weight is 332 g/mol. The van der Waals surface area contributed by atoms with Crippen molar-refractivity contribution in [3.05, 3.63) is 53.1 Å². The third kappa shape index (κ3) is 3.75. The van der Waals surface area contributed by atoms with Crippen molar-refractivity contribution < 1.29 is 4.79 Å². The first-order chi connectivity index (χ1) is 11.1. The van der Waals surface area contributed by atoms with E-state index in [1.54, 1.807) is 0 Å². The van der Waals surface area contributed by atoms with Crippen molar-refractivity contribution >= 4 is 17.5 Å². The number of amides is 1. The third-order valence-corrected chi connectivity index (χ3v) is 4.96. The van der Waals surface area contributed by atoms with E-state index in [2.05, 4.69) is 9.55 Å². The van der Waals surface area contributed by atoms with E-state index in [4.69, 9.17) is 11.6 Å². The number of aromatic nitrogens is 2. The van der Waals surface area contributed by atoms with Gasteiger partial charge in [0.1, 0.15) is 5.82 Å². The number of hydrogen-bond donors (Lipinski definition) is 0. The maximum Gasteiger partial charge on any atom is 0.223 e. The quantitative estimate of drug-likeness (QED) is 0.841. The number of carbonyl (C=O) groups excluding carboxylic acids is 1. The van der Waals surface area contributed by atoms with Gasteiger partial charge in [-0.3, -0.25) is 4.79 Å². The second kappa shape index (κ2) is 7.18. The molecule has 2 heterocycles. The van der Waals surface area contributed by atoms with Crippen LogP contribution in [-0.2, 0) is 17.8 Å². The van der Waals surface area contributed by atoms with Gasteiger partial charge in [0, 0.05) is 43.0 Å². The minimum atomic E-state index is 0.227. The summed E-state index contributed by atoms with van der Waals surface area (Å²) in [4.78, 5) is 18.9. The minimum Gasteiger partial charge on any atom is -0.338 e. The molecule has 1 amide bonds. The molecule has 1 aliphatic rings. The Morgan fingerprint density at radius 1 is 1.39 bits per heavy atom. The van der Waals surface area contributed by atoms with Crippen molar-refractivity contribution in [3.8, 4) is 0 Å². The van der Waals surface area contributed by atoms with Gasteiger partial charge >= 0.3 is 0 Å². The maximum absolute atomic E-state index is 12.6. The summed E-state index contributed by atoms with van der Waals surface area (Å²) in [5, 5.41) is 0.743. The highest BCUT2D eigenvalue weighted by Crippen LogP contribution is 2.22. The van der Waals surface area contributed by atoms with Crippen molar-refractivity contribution in [1.29, 1.82) is 0 Å². The Bertz CT molecular complexity index is 682. The van der Waals surface area contributed by atoms with Crippen molar-refractivity contribution in [2.45, 2.75) is 45.2 Å². The normalized spacial score (nSPS) is 17.7. The van der Waals surface area contributed by atoms with Crippen molar-refractivity contribution in [3.63, 3.8) is 0 Å². The van der Waals surface area contributed by atoms with E-state index < -0.39 is 0 Å². The van der Waals surface area contributed by atoms with Crippen LogP contribution in [0, 0.1) is 6.92 Å². The molecule has 0 aliphatic carbocycles. The second-order valence-corrected chi connectivity index (χ2v) is 6.51. The molecule has 0 radical (unpaired) electrons. The molecule has 1 aliphatic heterocycles. The molecule has 1 aromatic heterocycles. The molecule has 1 aromatic carbocycles. The smallest absolute Gasteiger partial charge is 0.223 e. The number of benzene rings is 1. The molecule has 1 saturated heterocycles. The number of hydrogen-bond acceptors (Lipinski definition) is 2. The topological polar surface area (TPSA) is 38.1 Å². The molecule has 23 heavy (non-hydrogen) atoms. The predicted molar refractivity (Wildman–Crippen MR) is 91.5 cm³/mol. The SMILES string of the molecule is Cc1nccn1CC1CCCN1C(=O)CCc1ccccc1Cl. The summed E-state index contributed by atoms with van der Waals surface area (Å²) in [6, 6.07) is 8.03. The van der Waals surface area contributed by atoms with Crippen LogP contribution in [0.4, 0.5) is 0 Å². The number of halogens is 1. The van der Waals surface area contributed by atoms with Crippen LogP contribution >= 0.6 is 11.6 Å². The molecular weight excluding hydrogens is 310 g/mol. The lowest BCUT2D eigenvalue weighted by Gasteiger charge is -2.25. The fourth-order valence-corrected chi connectivity index (χ4v) is 3.49. The summed E-state index contributed by atoms with van der Waals surface area (Å²) in [5.41, 5.74) is 1.05. The first-order valence-corrected chi connectivity index (χ1v) is 8.53. The van der Waals surface area contributed by atoms with Crippen molar-refractivity contribution in [2.24, 2.45) is 0 Å². The van der Waals surface area contributed by atoms with Crippen LogP contribution < -0.4 is 0 Å². The predicted octanol–water partition coefficient (Wildman–Crippen LogP) is 3.47. The molecule has 0 saturated carbocycles. The Morgan fingerprint density at radius 3 is 2.96 bits per heavy atom. The number of imidazole rings is 1. The van der Waals surface area contributed by atoms with E-state index in [0.29, 0.717) is 12.8 Å². The van der Waals surface area contributed by atoms with Crippen LogP contribution in [0.15, 0.2) is 36.7 Å². The molecule has 1 atom stereocenters. The fourth-order valence-electron chi connectivity index (χ4n) is 3.26. The number of carbonyl (C=O) groups is 1. The van der Waals surface area contributed by atoms with Crippen LogP contribution in [-0.4, -0.2) is 32.9 Å². The van der Waals surface area contributed by atoms with Crippen molar-refractivity contribution in [1.82, 2.24) is 14.5 Å². The molecule has 4 nitrogen and oxygen atoms in total. The lowest BCUT2D eigenvalue weighted by atomic mass is 10.1. The largest absolute Gasteiger partial charge is 0.338 e. The van der Waals surface area contributed by atoms with E-state index in [0.717, 1.165) is 42.3 Å². The Balaban J connectivity index is 1.60. The average Bonchev–Trinajstić information content (AvgIpc) is 3.16. The Labute approximate surface area is 142 Å². The van der Waals surface area contributed by atoms with E-state index in [9.17, 15) is 4.79 Å². The van der Waals surface area contributed by atoms with Crippen LogP contribution in [0.2, 0.25) is 5.02 Å². The monoisotopic (exact) mass is 331 g/mol. The first kappa shape index (κ1) is 16.1. The Hall–Kier alpha value is -1.81. The number of aryl methyl sites for hydroxylation is 2. The van der Waals surface area contributed by atoms with Gasteiger partial charge in [-0.15, -0.1) is 0 Å². The summed E-state index contributed by atoms with van der Waals surface area (Å²) in [7, 11) is 0. The van der Waals surface area contributed by atoms with Crippen LogP contribution in [0.25, 0.3) is 0 Å². The highest BCUT2D eigenvalue weighted by molar-refractivity contribution is 6.31. The standard InChI is InChI=1S/C18H22ClN3O/c1-14-20-10-12-21(14)13-16-6-4-11-22(16)18(23)9-8-15-5-2-3-7-17(15)19/h2-3,5,7,10,12,16H,4,6,8-9,11,13H2,1H3. The molecule has 1 fully saturated rings.